The van der Waals surface area contributed by atoms with Crippen LogP contribution in [-0.4, -0.2) is 47.6 Å². The predicted molar refractivity (Wildman–Crippen MR) is 109 cm³/mol. The monoisotopic (exact) mass is 454 g/mol. The van der Waals surface area contributed by atoms with Gasteiger partial charge in [0.05, 0.1) is 12.7 Å². The summed E-state index contributed by atoms with van der Waals surface area (Å²) in [7, 11) is 1.21. The van der Waals surface area contributed by atoms with Crippen LogP contribution in [0, 0.1) is 17.5 Å². The molecule has 0 radical (unpaired) electrons. The summed E-state index contributed by atoms with van der Waals surface area (Å²) in [4.78, 5) is 23.4. The van der Waals surface area contributed by atoms with Crippen molar-refractivity contribution in [3.05, 3.63) is 63.0 Å². The van der Waals surface area contributed by atoms with Gasteiger partial charge in [-0.2, -0.15) is 0 Å². The number of rotatable bonds is 5. The molecule has 0 bridgehead atoms. The van der Waals surface area contributed by atoms with E-state index >= 15 is 0 Å². The topological polar surface area (TPSA) is 66.8 Å². The average molecular weight is 454 g/mol. The number of carbonyl (C=O) groups is 1. The number of hydrogen-bond acceptors (Lipinski definition) is 8. The SMILES string of the molecule is COC(=O)C1=C2CC(NSC)CN2C(c2nccs2)=NC1c1ccc(F)c(F)c1F. The molecule has 0 aliphatic carbocycles. The van der Waals surface area contributed by atoms with Gasteiger partial charge in [-0.25, -0.2) is 22.9 Å². The van der Waals surface area contributed by atoms with Crippen molar-refractivity contribution in [1.82, 2.24) is 14.6 Å². The Morgan fingerprint density at radius 1 is 1.33 bits per heavy atom. The fourth-order valence-corrected chi connectivity index (χ4v) is 4.82. The molecule has 30 heavy (non-hydrogen) atoms. The Bertz CT molecular complexity index is 1040. The van der Waals surface area contributed by atoms with Crippen LogP contribution >= 0.6 is 23.3 Å². The molecule has 3 heterocycles. The first-order valence-electron chi connectivity index (χ1n) is 8.94. The number of aliphatic imine (C=N–C) groups is 1. The van der Waals surface area contributed by atoms with Crippen LogP contribution in [0.1, 0.15) is 23.0 Å². The molecule has 2 unspecified atom stereocenters. The summed E-state index contributed by atoms with van der Waals surface area (Å²) in [6, 6.07) is 0.733. The smallest absolute Gasteiger partial charge is 0.338 e. The van der Waals surface area contributed by atoms with Crippen molar-refractivity contribution in [1.29, 1.82) is 0 Å². The number of aromatic nitrogens is 1. The number of fused-ring (bicyclic) bond motifs is 1. The molecular weight excluding hydrogens is 437 g/mol. The van der Waals surface area contributed by atoms with Gasteiger partial charge < -0.3 is 9.64 Å². The van der Waals surface area contributed by atoms with Gasteiger partial charge in [0.1, 0.15) is 6.04 Å². The first-order chi connectivity index (χ1) is 14.5. The Hall–Kier alpha value is -2.37. The van der Waals surface area contributed by atoms with E-state index in [1.165, 1.54) is 30.4 Å². The van der Waals surface area contributed by atoms with E-state index < -0.39 is 29.5 Å². The highest BCUT2D eigenvalue weighted by molar-refractivity contribution is 7.96. The molecule has 2 aliphatic heterocycles. The zero-order valence-electron chi connectivity index (χ0n) is 16.0. The molecule has 158 valence electrons. The molecule has 1 saturated heterocycles. The Morgan fingerprint density at radius 2 is 2.13 bits per heavy atom. The quantitative estimate of drug-likeness (QED) is 0.424. The Morgan fingerprint density at radius 3 is 2.80 bits per heavy atom. The van der Waals surface area contributed by atoms with E-state index in [-0.39, 0.29) is 17.2 Å². The number of nitrogens with one attached hydrogen (secondary N) is 1. The molecule has 2 aliphatic rings. The van der Waals surface area contributed by atoms with Crippen LogP contribution in [0.2, 0.25) is 0 Å². The highest BCUT2D eigenvalue weighted by atomic mass is 32.2. The van der Waals surface area contributed by atoms with Crippen LogP contribution in [0.5, 0.6) is 0 Å². The van der Waals surface area contributed by atoms with Crippen molar-refractivity contribution in [2.75, 3.05) is 19.9 Å². The molecular formula is C19H17F3N4O2S2. The van der Waals surface area contributed by atoms with Crippen molar-refractivity contribution in [3.8, 4) is 0 Å². The third kappa shape index (κ3) is 3.50. The minimum atomic E-state index is -1.61. The van der Waals surface area contributed by atoms with E-state index in [0.717, 1.165) is 12.1 Å². The van der Waals surface area contributed by atoms with E-state index in [9.17, 15) is 18.0 Å². The molecule has 1 N–H and O–H groups in total. The van der Waals surface area contributed by atoms with Gasteiger partial charge in [0.15, 0.2) is 28.3 Å². The standard InChI is InChI=1S/C19H17F3N4O2S2/c1-28-19(27)13-12-7-9(25-29-2)8-26(12)17(18-23-5-6-30-18)24-16(13)10-3-4-11(20)15(22)14(10)21/h3-6,9,16,25H,7-8H2,1-2H3. The van der Waals surface area contributed by atoms with Crippen LogP contribution < -0.4 is 4.72 Å². The summed E-state index contributed by atoms with van der Waals surface area (Å²) >= 11 is 2.78. The maximum Gasteiger partial charge on any atom is 0.338 e. The number of amidine groups is 1. The largest absolute Gasteiger partial charge is 0.466 e. The van der Waals surface area contributed by atoms with Gasteiger partial charge in [-0.05, 0) is 12.3 Å². The average Bonchev–Trinajstić information content (AvgIpc) is 3.41. The number of halogens is 3. The van der Waals surface area contributed by atoms with Crippen LogP contribution in [0.3, 0.4) is 0 Å². The number of carbonyl (C=O) groups excluding carboxylic acids is 1. The zero-order chi connectivity index (χ0) is 21.4. The number of nitrogens with zero attached hydrogens (tertiary/aromatic N) is 3. The number of ether oxygens (including phenoxy) is 1. The molecule has 1 fully saturated rings. The predicted octanol–water partition coefficient (Wildman–Crippen LogP) is 3.43. The van der Waals surface area contributed by atoms with E-state index in [2.05, 4.69) is 14.7 Å². The number of esters is 1. The first-order valence-corrected chi connectivity index (χ1v) is 11.0. The van der Waals surface area contributed by atoms with Crippen LogP contribution in [0.4, 0.5) is 13.2 Å². The fraction of sp³-hybridized carbons (Fsp3) is 0.316. The molecule has 2 aromatic rings. The highest BCUT2D eigenvalue weighted by Crippen LogP contribution is 2.41. The lowest BCUT2D eigenvalue weighted by Gasteiger charge is -2.31. The number of hydrogen-bond donors (Lipinski definition) is 1. The summed E-state index contributed by atoms with van der Waals surface area (Å²) < 4.78 is 50.4. The maximum atomic E-state index is 14.7. The van der Waals surface area contributed by atoms with Gasteiger partial charge in [0, 0.05) is 41.8 Å². The Labute approximate surface area is 179 Å². The molecule has 0 spiro atoms. The molecule has 4 rings (SSSR count). The molecule has 6 nitrogen and oxygen atoms in total. The van der Waals surface area contributed by atoms with Gasteiger partial charge >= 0.3 is 5.97 Å². The summed E-state index contributed by atoms with van der Waals surface area (Å²) in [5.41, 5.74) is 0.465. The minimum absolute atomic E-state index is 0.00614. The summed E-state index contributed by atoms with van der Waals surface area (Å²) in [6.45, 7) is 0.516. The van der Waals surface area contributed by atoms with E-state index in [1.54, 1.807) is 11.6 Å². The van der Waals surface area contributed by atoms with Crippen LogP contribution in [0.15, 0.2) is 40.0 Å². The van der Waals surface area contributed by atoms with Gasteiger partial charge in [0.25, 0.3) is 0 Å². The highest BCUT2D eigenvalue weighted by Gasteiger charge is 2.42. The summed E-state index contributed by atoms with van der Waals surface area (Å²) in [6.07, 6.45) is 3.96. The van der Waals surface area contributed by atoms with Gasteiger partial charge in [0.2, 0.25) is 0 Å². The normalized spacial score (nSPS) is 21.0. The molecule has 1 aromatic carbocycles. The third-order valence-corrected chi connectivity index (χ3v) is 6.27. The van der Waals surface area contributed by atoms with E-state index in [0.29, 0.717) is 29.5 Å². The lowest BCUT2D eigenvalue weighted by Crippen LogP contribution is -2.37. The Kier molecular flexibility index (Phi) is 5.85. The number of methoxy groups -OCH3 is 1. The van der Waals surface area contributed by atoms with E-state index in [1.807, 2.05) is 11.2 Å². The molecule has 1 aromatic heterocycles. The zero-order valence-corrected chi connectivity index (χ0v) is 17.6. The van der Waals surface area contributed by atoms with Crippen LogP contribution in [0.25, 0.3) is 0 Å². The molecule has 2 atom stereocenters. The summed E-state index contributed by atoms with van der Waals surface area (Å²) in [5, 5.41) is 2.35. The third-order valence-electron chi connectivity index (χ3n) is 4.93. The minimum Gasteiger partial charge on any atom is -0.466 e. The van der Waals surface area contributed by atoms with Gasteiger partial charge in [-0.3, -0.25) is 9.71 Å². The lowest BCUT2D eigenvalue weighted by atomic mass is 9.94. The van der Waals surface area contributed by atoms with Crippen molar-refractivity contribution >= 4 is 35.1 Å². The fourth-order valence-electron chi connectivity index (χ4n) is 3.69. The van der Waals surface area contributed by atoms with Gasteiger partial charge in [-0.15, -0.1) is 11.3 Å². The summed E-state index contributed by atoms with van der Waals surface area (Å²) in [5.74, 6) is -4.55. The van der Waals surface area contributed by atoms with Crippen molar-refractivity contribution in [3.63, 3.8) is 0 Å². The maximum absolute atomic E-state index is 14.7. The molecule has 0 saturated carbocycles. The number of thiazole rings is 1. The van der Waals surface area contributed by atoms with Crippen molar-refractivity contribution in [2.45, 2.75) is 18.5 Å². The van der Waals surface area contributed by atoms with Crippen LogP contribution in [-0.2, 0) is 9.53 Å². The van der Waals surface area contributed by atoms with Gasteiger partial charge in [-0.1, -0.05) is 18.0 Å². The van der Waals surface area contributed by atoms with Crippen molar-refractivity contribution < 1.29 is 22.7 Å². The first kappa shape index (κ1) is 20.9. The lowest BCUT2D eigenvalue weighted by molar-refractivity contribution is -0.136. The molecule has 0 amide bonds. The second-order valence-corrected chi connectivity index (χ2v) is 8.18. The second kappa shape index (κ2) is 8.40. The Balaban J connectivity index is 1.92. The number of benzene rings is 1. The van der Waals surface area contributed by atoms with Crippen molar-refractivity contribution in [2.24, 2.45) is 4.99 Å². The molecule has 11 heteroatoms. The van der Waals surface area contributed by atoms with E-state index in [4.69, 9.17) is 4.74 Å². The second-order valence-electron chi connectivity index (χ2n) is 6.64.